The van der Waals surface area contributed by atoms with Crippen LogP contribution in [-0.4, -0.2) is 9.13 Å². The molecule has 0 saturated carbocycles. The van der Waals surface area contributed by atoms with Crippen LogP contribution in [0.2, 0.25) is 0 Å². The zero-order valence-electron chi connectivity index (χ0n) is 9.86. The van der Waals surface area contributed by atoms with Gasteiger partial charge in [-0.05, 0) is 21.8 Å². The molecule has 0 radical (unpaired) electrons. The van der Waals surface area contributed by atoms with Crippen LogP contribution in [0.15, 0.2) is 19.4 Å². The molecule has 0 spiro atoms. The van der Waals surface area contributed by atoms with Crippen LogP contribution in [0.5, 0.6) is 0 Å². The molecule has 6 heteroatoms. The van der Waals surface area contributed by atoms with E-state index in [1.165, 1.54) is 23.0 Å². The second kappa shape index (κ2) is 4.42. The van der Waals surface area contributed by atoms with Crippen LogP contribution in [-0.2, 0) is 13.6 Å². The van der Waals surface area contributed by atoms with E-state index in [1.807, 2.05) is 19.2 Å². The molecule has 2 heterocycles. The summed E-state index contributed by atoms with van der Waals surface area (Å²) in [5, 5.41) is 2.44. The minimum Gasteiger partial charge on any atom is -0.284 e. The molecule has 2 aromatic rings. The lowest BCUT2D eigenvalue weighted by molar-refractivity contribution is 0.504. The van der Waals surface area contributed by atoms with Gasteiger partial charge in [0.05, 0.1) is 5.39 Å². The zero-order valence-corrected chi connectivity index (χ0v) is 12.3. The second-order valence-corrected chi connectivity index (χ2v) is 6.13. The molecule has 0 saturated heterocycles. The molecule has 0 atom stereocenters. The molecular weight excluding hydrogens is 304 g/mol. The fourth-order valence-electron chi connectivity index (χ4n) is 1.77. The Morgan fingerprint density at radius 1 is 1.41 bits per heavy atom. The summed E-state index contributed by atoms with van der Waals surface area (Å²) in [6.07, 6.45) is 0. The smallest absolute Gasteiger partial charge is 0.284 e. The van der Waals surface area contributed by atoms with Crippen molar-refractivity contribution in [3.05, 3.63) is 30.7 Å². The van der Waals surface area contributed by atoms with Gasteiger partial charge in [0.25, 0.3) is 5.56 Å². The average molecular weight is 317 g/mol. The average Bonchev–Trinajstić information content (AvgIpc) is 2.63. The Bertz CT molecular complexity index is 681. The lowest BCUT2D eigenvalue weighted by Gasteiger charge is -2.11. The van der Waals surface area contributed by atoms with Crippen molar-refractivity contribution in [2.75, 3.05) is 0 Å². The summed E-state index contributed by atoms with van der Waals surface area (Å²) in [6, 6.07) is 0. The Labute approximate surface area is 111 Å². The second-order valence-electron chi connectivity index (χ2n) is 4.41. The lowest BCUT2D eigenvalue weighted by Crippen LogP contribution is -2.38. The standard InChI is InChI=1S/C11H13BrN2O2S/c1-6(2)4-14-10-8(7(12)5-17-10)9(15)13(3)11(14)16/h5-6H,4H2,1-3H3. The van der Waals surface area contributed by atoms with Gasteiger partial charge in [-0.2, -0.15) is 0 Å². The summed E-state index contributed by atoms with van der Waals surface area (Å²) in [5.41, 5.74) is -0.483. The number of hydrogen-bond donors (Lipinski definition) is 0. The van der Waals surface area contributed by atoms with Crippen LogP contribution >= 0.6 is 27.3 Å². The van der Waals surface area contributed by atoms with Gasteiger partial charge in [-0.1, -0.05) is 13.8 Å². The number of halogens is 1. The highest BCUT2D eigenvalue weighted by atomic mass is 79.9. The Hall–Kier alpha value is -0.880. The van der Waals surface area contributed by atoms with Gasteiger partial charge >= 0.3 is 5.69 Å². The normalized spacial score (nSPS) is 11.6. The Morgan fingerprint density at radius 2 is 2.06 bits per heavy atom. The number of fused-ring (bicyclic) bond motifs is 1. The summed E-state index contributed by atoms with van der Waals surface area (Å²) >= 11 is 4.78. The molecule has 0 N–H and O–H groups in total. The Morgan fingerprint density at radius 3 is 2.65 bits per heavy atom. The van der Waals surface area contributed by atoms with Gasteiger partial charge in [0, 0.05) is 23.4 Å². The summed E-state index contributed by atoms with van der Waals surface area (Å²) < 4.78 is 3.61. The van der Waals surface area contributed by atoms with Crippen molar-refractivity contribution in [3.63, 3.8) is 0 Å². The van der Waals surface area contributed by atoms with Crippen molar-refractivity contribution in [1.82, 2.24) is 9.13 Å². The summed E-state index contributed by atoms with van der Waals surface area (Å²) in [6.45, 7) is 4.72. The van der Waals surface area contributed by atoms with Gasteiger partial charge in [-0.25, -0.2) is 4.79 Å². The predicted octanol–water partition coefficient (Wildman–Crippen LogP) is 2.18. The van der Waals surface area contributed by atoms with Crippen molar-refractivity contribution in [2.45, 2.75) is 20.4 Å². The van der Waals surface area contributed by atoms with E-state index < -0.39 is 0 Å². The van der Waals surface area contributed by atoms with Gasteiger partial charge < -0.3 is 0 Å². The Kier molecular flexibility index (Phi) is 3.27. The maximum absolute atomic E-state index is 12.1. The molecule has 92 valence electrons. The lowest BCUT2D eigenvalue weighted by atomic mass is 10.2. The number of rotatable bonds is 2. The topological polar surface area (TPSA) is 44.0 Å². The molecule has 0 aliphatic carbocycles. The zero-order chi connectivity index (χ0) is 12.7. The molecule has 4 nitrogen and oxygen atoms in total. The first-order valence-corrected chi connectivity index (χ1v) is 6.97. The molecule has 17 heavy (non-hydrogen) atoms. The molecule has 2 aromatic heterocycles. The first-order valence-electron chi connectivity index (χ1n) is 5.30. The first kappa shape index (κ1) is 12.6. The highest BCUT2D eigenvalue weighted by Gasteiger charge is 2.15. The van der Waals surface area contributed by atoms with Crippen LogP contribution in [0.4, 0.5) is 0 Å². The molecule has 0 aliphatic heterocycles. The largest absolute Gasteiger partial charge is 0.331 e. The summed E-state index contributed by atoms with van der Waals surface area (Å²) in [7, 11) is 1.52. The highest BCUT2D eigenvalue weighted by Crippen LogP contribution is 2.26. The van der Waals surface area contributed by atoms with Crippen LogP contribution in [0.3, 0.4) is 0 Å². The van der Waals surface area contributed by atoms with Gasteiger partial charge in [-0.15, -0.1) is 11.3 Å². The molecular formula is C11H13BrN2O2S. The molecule has 2 rings (SSSR count). The van der Waals surface area contributed by atoms with Crippen molar-refractivity contribution in [1.29, 1.82) is 0 Å². The monoisotopic (exact) mass is 316 g/mol. The highest BCUT2D eigenvalue weighted by molar-refractivity contribution is 9.10. The minimum atomic E-state index is -0.245. The fourth-order valence-corrected chi connectivity index (χ4v) is 3.47. The Balaban J connectivity index is 2.92. The molecule has 0 aromatic carbocycles. The predicted molar refractivity (Wildman–Crippen MR) is 73.9 cm³/mol. The molecule has 0 amide bonds. The molecule has 0 fully saturated rings. The number of aromatic nitrogens is 2. The van der Waals surface area contributed by atoms with E-state index in [2.05, 4.69) is 15.9 Å². The van der Waals surface area contributed by atoms with Gasteiger partial charge in [0.2, 0.25) is 0 Å². The fraction of sp³-hybridized carbons (Fsp3) is 0.455. The third-order valence-electron chi connectivity index (χ3n) is 2.56. The molecule has 0 aliphatic rings. The quantitative estimate of drug-likeness (QED) is 0.852. The van der Waals surface area contributed by atoms with Crippen LogP contribution in [0.25, 0.3) is 10.2 Å². The number of nitrogens with zero attached hydrogens (tertiary/aromatic N) is 2. The third kappa shape index (κ3) is 1.99. The summed E-state index contributed by atoms with van der Waals surface area (Å²) in [5.74, 6) is 0.356. The van der Waals surface area contributed by atoms with Gasteiger partial charge in [0.15, 0.2) is 0 Å². The van der Waals surface area contributed by atoms with E-state index >= 15 is 0 Å². The van der Waals surface area contributed by atoms with E-state index in [0.29, 0.717) is 17.8 Å². The first-order chi connectivity index (χ1) is 7.93. The van der Waals surface area contributed by atoms with Crippen molar-refractivity contribution in [2.24, 2.45) is 13.0 Å². The third-order valence-corrected chi connectivity index (χ3v) is 4.49. The van der Waals surface area contributed by atoms with Crippen molar-refractivity contribution >= 4 is 37.5 Å². The maximum Gasteiger partial charge on any atom is 0.331 e. The van der Waals surface area contributed by atoms with Gasteiger partial charge in [0.1, 0.15) is 4.83 Å². The number of thiophene rings is 1. The van der Waals surface area contributed by atoms with E-state index in [0.717, 1.165) is 9.30 Å². The van der Waals surface area contributed by atoms with Crippen molar-refractivity contribution < 1.29 is 0 Å². The van der Waals surface area contributed by atoms with Crippen LogP contribution < -0.4 is 11.2 Å². The van der Waals surface area contributed by atoms with Gasteiger partial charge in [-0.3, -0.25) is 13.9 Å². The van der Waals surface area contributed by atoms with Crippen LogP contribution in [0, 0.1) is 5.92 Å². The van der Waals surface area contributed by atoms with Crippen molar-refractivity contribution in [3.8, 4) is 0 Å². The maximum atomic E-state index is 12.1. The van der Waals surface area contributed by atoms with E-state index in [1.54, 1.807) is 4.57 Å². The SMILES string of the molecule is CC(C)Cn1c(=O)n(C)c(=O)c2c(Br)csc21. The number of hydrogen-bond acceptors (Lipinski definition) is 3. The molecule has 0 unspecified atom stereocenters. The van der Waals surface area contributed by atoms with E-state index in [9.17, 15) is 9.59 Å². The van der Waals surface area contributed by atoms with Crippen LogP contribution in [0.1, 0.15) is 13.8 Å². The summed E-state index contributed by atoms with van der Waals surface area (Å²) in [4.78, 5) is 24.8. The molecule has 0 bridgehead atoms. The van der Waals surface area contributed by atoms with E-state index in [-0.39, 0.29) is 11.2 Å². The minimum absolute atomic E-state index is 0.238. The van der Waals surface area contributed by atoms with E-state index in [4.69, 9.17) is 0 Å².